The van der Waals surface area contributed by atoms with E-state index in [4.69, 9.17) is 9.72 Å². The number of carbonyl (C=O) groups excluding carboxylic acids is 1. The molecule has 1 aliphatic heterocycles. The Kier molecular flexibility index (Phi) is 7.98. The van der Waals surface area contributed by atoms with Crippen molar-refractivity contribution in [2.45, 2.75) is 53.0 Å². The number of carbonyl (C=O) groups is 1. The highest BCUT2D eigenvalue weighted by atomic mass is 32.1. The van der Waals surface area contributed by atoms with Crippen LogP contribution in [-0.4, -0.2) is 27.5 Å². The van der Waals surface area contributed by atoms with E-state index in [1.54, 1.807) is 12.4 Å². The van der Waals surface area contributed by atoms with Crippen molar-refractivity contribution < 1.29 is 9.53 Å². The van der Waals surface area contributed by atoms with Gasteiger partial charge in [-0.1, -0.05) is 32.9 Å². The van der Waals surface area contributed by atoms with Gasteiger partial charge in [0.2, 0.25) is 0 Å². The van der Waals surface area contributed by atoms with Gasteiger partial charge in [-0.25, -0.2) is 9.97 Å². The van der Waals surface area contributed by atoms with Gasteiger partial charge in [0, 0.05) is 53.2 Å². The average molecular weight is 528 g/mol. The van der Waals surface area contributed by atoms with E-state index in [1.807, 2.05) is 42.6 Å². The Morgan fingerprint density at radius 2 is 2.03 bits per heavy atom. The van der Waals surface area contributed by atoms with Gasteiger partial charge in [0.15, 0.2) is 5.01 Å². The van der Waals surface area contributed by atoms with Gasteiger partial charge in [0.1, 0.15) is 11.6 Å². The molecule has 196 valence electrons. The summed E-state index contributed by atoms with van der Waals surface area (Å²) in [5.74, 6) is 2.16. The van der Waals surface area contributed by atoms with Crippen molar-refractivity contribution in [3.8, 4) is 16.9 Å². The van der Waals surface area contributed by atoms with Crippen molar-refractivity contribution in [3.05, 3.63) is 81.7 Å². The fourth-order valence-corrected chi connectivity index (χ4v) is 5.53. The summed E-state index contributed by atoms with van der Waals surface area (Å²) in [6.45, 7) is 7.76. The van der Waals surface area contributed by atoms with Crippen molar-refractivity contribution in [2.24, 2.45) is 5.92 Å². The van der Waals surface area contributed by atoms with E-state index in [0.29, 0.717) is 24.1 Å². The summed E-state index contributed by atoms with van der Waals surface area (Å²) in [6.07, 6.45) is 9.10. The minimum absolute atomic E-state index is 0.158. The smallest absolute Gasteiger partial charge is 0.284 e. The van der Waals surface area contributed by atoms with Crippen molar-refractivity contribution in [3.63, 3.8) is 0 Å². The maximum absolute atomic E-state index is 13.0. The zero-order chi connectivity index (χ0) is 26.5. The molecule has 8 heteroatoms. The van der Waals surface area contributed by atoms with Crippen molar-refractivity contribution >= 4 is 28.7 Å². The number of aromatic nitrogens is 3. The summed E-state index contributed by atoms with van der Waals surface area (Å²) in [5, 5.41) is 7.03. The van der Waals surface area contributed by atoms with Crippen LogP contribution in [0.3, 0.4) is 0 Å². The van der Waals surface area contributed by atoms with Crippen LogP contribution in [0.15, 0.2) is 55.0 Å². The molecular formula is C30H33N5O2S. The maximum Gasteiger partial charge on any atom is 0.284 e. The van der Waals surface area contributed by atoms with Crippen molar-refractivity contribution in [2.75, 3.05) is 17.2 Å². The zero-order valence-electron chi connectivity index (χ0n) is 22.1. The molecule has 0 saturated heterocycles. The first kappa shape index (κ1) is 25.9. The third-order valence-electron chi connectivity index (χ3n) is 6.61. The van der Waals surface area contributed by atoms with Crippen LogP contribution in [0.25, 0.3) is 11.1 Å². The number of hydrogen-bond acceptors (Lipinski definition) is 7. The highest BCUT2D eigenvalue weighted by Gasteiger charge is 2.22. The fourth-order valence-electron chi connectivity index (χ4n) is 4.58. The highest BCUT2D eigenvalue weighted by molar-refractivity contribution is 7.13. The number of thiazole rings is 1. The quantitative estimate of drug-likeness (QED) is 0.243. The number of nitrogens with zero attached hydrogens (tertiary/aromatic N) is 3. The van der Waals surface area contributed by atoms with Crippen LogP contribution in [0.2, 0.25) is 0 Å². The van der Waals surface area contributed by atoms with E-state index in [9.17, 15) is 4.79 Å². The van der Waals surface area contributed by atoms with Crippen LogP contribution in [0.5, 0.6) is 5.75 Å². The van der Waals surface area contributed by atoms with Gasteiger partial charge in [0.25, 0.3) is 5.91 Å². The van der Waals surface area contributed by atoms with Crippen LogP contribution in [0.1, 0.15) is 58.7 Å². The number of pyridine rings is 2. The largest absolute Gasteiger partial charge is 0.492 e. The van der Waals surface area contributed by atoms with E-state index in [1.165, 1.54) is 16.2 Å². The van der Waals surface area contributed by atoms with Gasteiger partial charge < -0.3 is 15.4 Å². The number of anilines is 2. The van der Waals surface area contributed by atoms with E-state index in [-0.39, 0.29) is 5.91 Å². The Morgan fingerprint density at radius 1 is 1.18 bits per heavy atom. The van der Waals surface area contributed by atoms with Crippen LogP contribution in [0, 0.1) is 5.92 Å². The molecule has 1 aromatic carbocycles. The molecule has 4 heterocycles. The van der Waals surface area contributed by atoms with E-state index in [0.717, 1.165) is 70.9 Å². The van der Waals surface area contributed by atoms with Crippen molar-refractivity contribution in [1.82, 2.24) is 15.0 Å². The van der Waals surface area contributed by atoms with E-state index < -0.39 is 0 Å². The summed E-state index contributed by atoms with van der Waals surface area (Å²) in [7, 11) is 0. The lowest BCUT2D eigenvalue weighted by atomic mass is 10.0. The van der Waals surface area contributed by atoms with Gasteiger partial charge in [-0.3, -0.25) is 9.78 Å². The molecule has 0 fully saturated rings. The minimum atomic E-state index is -0.158. The monoisotopic (exact) mass is 527 g/mol. The predicted octanol–water partition coefficient (Wildman–Crippen LogP) is 6.55. The van der Waals surface area contributed by atoms with E-state index >= 15 is 0 Å². The molecule has 3 aromatic heterocycles. The number of ether oxygens (including phenoxy) is 1. The number of benzene rings is 1. The predicted molar refractivity (Wildman–Crippen MR) is 153 cm³/mol. The van der Waals surface area contributed by atoms with Crippen LogP contribution >= 0.6 is 11.3 Å². The number of rotatable bonds is 10. The summed E-state index contributed by atoms with van der Waals surface area (Å²) in [4.78, 5) is 27.7. The third kappa shape index (κ3) is 5.86. The molecule has 0 atom stereocenters. The summed E-state index contributed by atoms with van der Waals surface area (Å²) in [6, 6.07) is 11.8. The molecule has 0 bridgehead atoms. The van der Waals surface area contributed by atoms with Gasteiger partial charge in [0.05, 0.1) is 12.3 Å². The number of fused-ring (bicyclic) bond motifs is 1. The lowest BCUT2D eigenvalue weighted by Gasteiger charge is -2.13. The standard InChI is InChI=1S/C30H33N5O2S/c1-4-26-25(9-8-19(2)3)35-30(38-26)29(36)34-22-7-5-6-20(16-22)17-32-28-23-12-15-37-27(23)24(18-33-28)21-10-13-31-14-11-21/h5-7,10-11,13-14,16,18-19H,4,8-9,12,15,17H2,1-3H3,(H,32,33)(H,34,36). The van der Waals surface area contributed by atoms with Gasteiger partial charge >= 0.3 is 0 Å². The minimum Gasteiger partial charge on any atom is -0.492 e. The van der Waals surface area contributed by atoms with Gasteiger partial charge in [-0.05, 0) is 60.6 Å². The Labute approximate surface area is 227 Å². The van der Waals surface area contributed by atoms with Gasteiger partial charge in [-0.2, -0.15) is 0 Å². The second-order valence-corrected chi connectivity index (χ2v) is 10.9. The third-order valence-corrected chi connectivity index (χ3v) is 7.85. The molecule has 0 radical (unpaired) electrons. The topological polar surface area (TPSA) is 89.0 Å². The summed E-state index contributed by atoms with van der Waals surface area (Å²) in [5.41, 5.74) is 5.97. The molecular weight excluding hydrogens is 494 g/mol. The number of amides is 1. The molecule has 7 nitrogen and oxygen atoms in total. The molecule has 1 aliphatic rings. The molecule has 5 rings (SSSR count). The molecule has 0 spiro atoms. The molecule has 38 heavy (non-hydrogen) atoms. The zero-order valence-corrected chi connectivity index (χ0v) is 22.9. The first-order valence-electron chi connectivity index (χ1n) is 13.2. The number of hydrogen-bond donors (Lipinski definition) is 2. The highest BCUT2D eigenvalue weighted by Crippen LogP contribution is 2.39. The first-order chi connectivity index (χ1) is 18.5. The molecule has 2 N–H and O–H groups in total. The Bertz CT molecular complexity index is 1420. The van der Waals surface area contributed by atoms with Crippen LogP contribution in [0.4, 0.5) is 11.5 Å². The van der Waals surface area contributed by atoms with Crippen molar-refractivity contribution in [1.29, 1.82) is 0 Å². The normalized spacial score (nSPS) is 12.3. The Morgan fingerprint density at radius 3 is 2.82 bits per heavy atom. The molecule has 0 unspecified atom stereocenters. The Hall–Kier alpha value is -3.78. The first-order valence-corrected chi connectivity index (χ1v) is 14.0. The molecule has 4 aromatic rings. The molecule has 0 saturated carbocycles. The second-order valence-electron chi connectivity index (χ2n) is 9.85. The summed E-state index contributed by atoms with van der Waals surface area (Å²) < 4.78 is 5.97. The van der Waals surface area contributed by atoms with E-state index in [2.05, 4.69) is 41.4 Å². The fraction of sp³-hybridized carbons (Fsp3) is 0.333. The lowest BCUT2D eigenvalue weighted by Crippen LogP contribution is -2.12. The van der Waals surface area contributed by atoms with Crippen LogP contribution < -0.4 is 15.4 Å². The number of aryl methyl sites for hydroxylation is 2. The lowest BCUT2D eigenvalue weighted by molar-refractivity contribution is 0.102. The van der Waals surface area contributed by atoms with Crippen LogP contribution in [-0.2, 0) is 25.8 Å². The maximum atomic E-state index is 13.0. The number of nitrogens with one attached hydrogen (secondary N) is 2. The Balaban J connectivity index is 1.26. The average Bonchev–Trinajstić information content (AvgIpc) is 3.59. The molecule has 0 aliphatic carbocycles. The van der Waals surface area contributed by atoms with Gasteiger partial charge in [-0.15, -0.1) is 11.3 Å². The second kappa shape index (κ2) is 11.7. The molecule has 1 amide bonds. The summed E-state index contributed by atoms with van der Waals surface area (Å²) >= 11 is 1.50. The SMILES string of the molecule is CCc1sc(C(=O)Nc2cccc(CNc3ncc(-c4ccncc4)c4c3CCO4)c2)nc1CCC(C)C.